The average molecular weight is 224 g/mol. The lowest BCUT2D eigenvalue weighted by molar-refractivity contribution is -0.131. The first-order valence-electron chi connectivity index (χ1n) is 6.37. The summed E-state index contributed by atoms with van der Waals surface area (Å²) in [5, 5.41) is 3.06. The van der Waals surface area contributed by atoms with E-state index in [9.17, 15) is 4.79 Å². The molecular weight excluding hydrogens is 200 g/mol. The van der Waals surface area contributed by atoms with E-state index in [1.54, 1.807) is 6.08 Å². The summed E-state index contributed by atoms with van der Waals surface area (Å²) >= 11 is 0. The van der Waals surface area contributed by atoms with Crippen LogP contribution in [0.25, 0.3) is 0 Å². The van der Waals surface area contributed by atoms with Gasteiger partial charge in [0.1, 0.15) is 0 Å². The lowest BCUT2D eigenvalue weighted by Crippen LogP contribution is -2.42. The highest BCUT2D eigenvalue weighted by molar-refractivity contribution is 5.78. The maximum Gasteiger partial charge on any atom is 0.236 e. The first kappa shape index (κ1) is 13.2. The summed E-state index contributed by atoms with van der Waals surface area (Å²) in [6.45, 7) is 8.89. The van der Waals surface area contributed by atoms with Crippen molar-refractivity contribution in [1.29, 1.82) is 0 Å². The summed E-state index contributed by atoms with van der Waals surface area (Å²) in [5.41, 5.74) is 0. The molecule has 0 aromatic rings. The first-order chi connectivity index (χ1) is 7.77. The van der Waals surface area contributed by atoms with Crippen LogP contribution >= 0.6 is 0 Å². The van der Waals surface area contributed by atoms with Crippen molar-refractivity contribution in [3.63, 3.8) is 0 Å². The van der Waals surface area contributed by atoms with Crippen molar-refractivity contribution in [3.8, 4) is 0 Å². The van der Waals surface area contributed by atoms with Crippen molar-refractivity contribution in [2.75, 3.05) is 26.2 Å². The second kappa shape index (κ2) is 7.44. The van der Waals surface area contributed by atoms with Gasteiger partial charge in [-0.15, -0.1) is 6.58 Å². The molecule has 1 N–H and O–H groups in total. The highest BCUT2D eigenvalue weighted by atomic mass is 16.2. The van der Waals surface area contributed by atoms with Crippen LogP contribution in [-0.4, -0.2) is 37.0 Å². The molecule has 3 nitrogen and oxygen atoms in total. The number of likely N-dealkylation sites (tertiary alicyclic amines) is 1. The smallest absolute Gasteiger partial charge is 0.236 e. The van der Waals surface area contributed by atoms with Crippen LogP contribution in [0, 0.1) is 5.92 Å². The lowest BCUT2D eigenvalue weighted by atomic mass is 9.92. The third-order valence-electron chi connectivity index (χ3n) is 3.23. The number of nitrogens with zero attached hydrogens (tertiary/aromatic N) is 1. The van der Waals surface area contributed by atoms with Crippen molar-refractivity contribution in [1.82, 2.24) is 10.2 Å². The molecule has 0 atom stereocenters. The topological polar surface area (TPSA) is 32.3 Å². The summed E-state index contributed by atoms with van der Waals surface area (Å²) in [6.07, 6.45) is 6.72. The Morgan fingerprint density at radius 3 is 2.75 bits per heavy atom. The van der Waals surface area contributed by atoms with Gasteiger partial charge in [0, 0.05) is 19.6 Å². The Labute approximate surface area is 98.9 Å². The second-order valence-electron chi connectivity index (χ2n) is 4.53. The van der Waals surface area contributed by atoms with E-state index in [2.05, 4.69) is 18.8 Å². The predicted molar refractivity (Wildman–Crippen MR) is 67.3 cm³/mol. The van der Waals surface area contributed by atoms with Crippen LogP contribution in [0.5, 0.6) is 0 Å². The van der Waals surface area contributed by atoms with Gasteiger partial charge in [-0.2, -0.15) is 0 Å². The van der Waals surface area contributed by atoms with Crippen molar-refractivity contribution < 1.29 is 4.79 Å². The molecule has 0 bridgehead atoms. The number of carbonyl (C=O) groups excluding carboxylic acids is 1. The molecule has 0 aliphatic carbocycles. The van der Waals surface area contributed by atoms with Gasteiger partial charge in [0.25, 0.3) is 0 Å². The highest BCUT2D eigenvalue weighted by Gasteiger charge is 2.21. The Morgan fingerprint density at radius 2 is 2.19 bits per heavy atom. The van der Waals surface area contributed by atoms with Crippen LogP contribution in [0.15, 0.2) is 12.7 Å². The molecule has 0 unspecified atom stereocenters. The van der Waals surface area contributed by atoms with Gasteiger partial charge < -0.3 is 10.2 Å². The fourth-order valence-electron chi connectivity index (χ4n) is 2.27. The largest absolute Gasteiger partial charge is 0.342 e. The molecule has 0 spiro atoms. The van der Waals surface area contributed by atoms with Crippen LogP contribution in [0.1, 0.15) is 32.6 Å². The molecule has 16 heavy (non-hydrogen) atoms. The molecule has 1 rings (SSSR count). The third-order valence-corrected chi connectivity index (χ3v) is 3.23. The first-order valence-corrected chi connectivity index (χ1v) is 6.37. The molecule has 3 heteroatoms. The van der Waals surface area contributed by atoms with Crippen LogP contribution in [0.4, 0.5) is 0 Å². The molecule has 1 aliphatic rings. The van der Waals surface area contributed by atoms with Gasteiger partial charge in [-0.05, 0) is 18.8 Å². The molecule has 1 saturated heterocycles. The Morgan fingerprint density at radius 1 is 1.50 bits per heavy atom. The Hall–Kier alpha value is -0.830. The molecule has 1 aliphatic heterocycles. The number of piperidine rings is 1. The summed E-state index contributed by atoms with van der Waals surface area (Å²) < 4.78 is 0. The fourth-order valence-corrected chi connectivity index (χ4v) is 2.27. The van der Waals surface area contributed by atoms with E-state index in [0.29, 0.717) is 13.1 Å². The zero-order chi connectivity index (χ0) is 11.8. The van der Waals surface area contributed by atoms with Gasteiger partial charge in [-0.1, -0.05) is 25.8 Å². The van der Waals surface area contributed by atoms with Crippen molar-refractivity contribution in [3.05, 3.63) is 12.7 Å². The van der Waals surface area contributed by atoms with E-state index in [-0.39, 0.29) is 5.91 Å². The van der Waals surface area contributed by atoms with E-state index in [4.69, 9.17) is 0 Å². The van der Waals surface area contributed by atoms with E-state index in [1.807, 2.05) is 4.90 Å². The van der Waals surface area contributed by atoms with Gasteiger partial charge in [0.05, 0.1) is 6.54 Å². The van der Waals surface area contributed by atoms with Crippen molar-refractivity contribution in [2.24, 2.45) is 5.92 Å². The molecule has 0 radical (unpaired) electrons. The number of hydrogen-bond acceptors (Lipinski definition) is 2. The maximum atomic E-state index is 11.8. The van der Waals surface area contributed by atoms with Gasteiger partial charge >= 0.3 is 0 Å². The second-order valence-corrected chi connectivity index (χ2v) is 4.53. The number of hydrogen-bond donors (Lipinski definition) is 1. The minimum Gasteiger partial charge on any atom is -0.342 e. The molecule has 92 valence electrons. The van der Waals surface area contributed by atoms with Gasteiger partial charge in [-0.3, -0.25) is 4.79 Å². The number of carbonyl (C=O) groups is 1. The molecule has 1 fully saturated rings. The molecule has 1 amide bonds. The maximum absolute atomic E-state index is 11.8. The Kier molecular flexibility index (Phi) is 6.16. The minimum absolute atomic E-state index is 0.233. The predicted octanol–water partition coefficient (Wildman–Crippen LogP) is 1.80. The number of amides is 1. The van der Waals surface area contributed by atoms with Gasteiger partial charge in [0.15, 0.2) is 0 Å². The normalized spacial score (nSPS) is 17.4. The third kappa shape index (κ3) is 4.35. The van der Waals surface area contributed by atoms with Crippen molar-refractivity contribution in [2.45, 2.75) is 32.6 Å². The Balaban J connectivity index is 2.19. The monoisotopic (exact) mass is 224 g/mol. The molecular formula is C13H24N2O. The van der Waals surface area contributed by atoms with Gasteiger partial charge in [0.2, 0.25) is 5.91 Å². The zero-order valence-corrected chi connectivity index (χ0v) is 10.4. The summed E-state index contributed by atoms with van der Waals surface area (Å²) in [5.74, 6) is 1.08. The summed E-state index contributed by atoms with van der Waals surface area (Å²) in [7, 11) is 0. The van der Waals surface area contributed by atoms with Crippen LogP contribution in [0.2, 0.25) is 0 Å². The number of rotatable bonds is 6. The van der Waals surface area contributed by atoms with Crippen molar-refractivity contribution >= 4 is 5.91 Å². The quantitative estimate of drug-likeness (QED) is 0.551. The SMILES string of the molecule is C=CCNCC(=O)N1CCC(CCC)CC1. The highest BCUT2D eigenvalue weighted by Crippen LogP contribution is 2.21. The Bertz CT molecular complexity index is 220. The van der Waals surface area contributed by atoms with E-state index in [0.717, 1.165) is 19.0 Å². The van der Waals surface area contributed by atoms with E-state index in [1.165, 1.54) is 25.7 Å². The summed E-state index contributed by atoms with van der Waals surface area (Å²) in [4.78, 5) is 13.8. The minimum atomic E-state index is 0.233. The van der Waals surface area contributed by atoms with Crippen LogP contribution < -0.4 is 5.32 Å². The molecule has 0 aromatic heterocycles. The molecule has 0 aromatic carbocycles. The van der Waals surface area contributed by atoms with Crippen LogP contribution in [0.3, 0.4) is 0 Å². The zero-order valence-electron chi connectivity index (χ0n) is 10.4. The van der Waals surface area contributed by atoms with E-state index < -0.39 is 0 Å². The van der Waals surface area contributed by atoms with E-state index >= 15 is 0 Å². The van der Waals surface area contributed by atoms with Crippen LogP contribution in [-0.2, 0) is 4.79 Å². The molecule has 1 heterocycles. The lowest BCUT2D eigenvalue weighted by Gasteiger charge is -2.32. The molecule has 0 saturated carbocycles. The standard InChI is InChI=1S/C13H24N2O/c1-3-5-12-6-9-15(10-7-12)13(16)11-14-8-4-2/h4,12,14H,2-3,5-11H2,1H3. The summed E-state index contributed by atoms with van der Waals surface area (Å²) in [6, 6.07) is 0. The van der Waals surface area contributed by atoms with Gasteiger partial charge in [-0.25, -0.2) is 0 Å². The fraction of sp³-hybridized carbons (Fsp3) is 0.769. The average Bonchev–Trinajstić information content (AvgIpc) is 2.30. The number of nitrogens with one attached hydrogen (secondary N) is 1.